The van der Waals surface area contributed by atoms with Gasteiger partial charge in [-0.25, -0.2) is 4.79 Å². The summed E-state index contributed by atoms with van der Waals surface area (Å²) in [6.07, 6.45) is 0.817. The zero-order chi connectivity index (χ0) is 8.85. The molecule has 1 N–H and O–H groups in total. The summed E-state index contributed by atoms with van der Waals surface area (Å²) < 4.78 is 4.40. The van der Waals surface area contributed by atoms with Crippen molar-refractivity contribution in [1.29, 1.82) is 0 Å². The van der Waals surface area contributed by atoms with E-state index >= 15 is 0 Å². The Morgan fingerprint density at radius 3 is 2.42 bits per heavy atom. The van der Waals surface area contributed by atoms with E-state index in [-0.39, 0.29) is 37.6 Å². The van der Waals surface area contributed by atoms with Gasteiger partial charge in [0.15, 0.2) is 5.78 Å². The predicted octanol–water partition coefficient (Wildman–Crippen LogP) is -2.30. The molecule has 0 heterocycles. The summed E-state index contributed by atoms with van der Waals surface area (Å²) in [7, 11) is 0. The monoisotopic (exact) mass is 182 g/mol. The third-order valence-electron chi connectivity index (χ3n) is 0.825. The fourth-order valence-electron chi connectivity index (χ4n) is 0.456. The van der Waals surface area contributed by atoms with Crippen molar-refractivity contribution in [2.24, 2.45) is 0 Å². The minimum Gasteiger partial charge on any atom is -1.00 e. The Morgan fingerprint density at radius 2 is 2.08 bits per heavy atom. The van der Waals surface area contributed by atoms with Crippen LogP contribution in [0.25, 0.3) is 0 Å². The number of esters is 1. The molecule has 0 aromatic heterocycles. The van der Waals surface area contributed by atoms with Crippen LogP contribution in [0.2, 0.25) is 0 Å². The fourth-order valence-corrected chi connectivity index (χ4v) is 0.456. The second-order valence-corrected chi connectivity index (χ2v) is 1.86. The summed E-state index contributed by atoms with van der Waals surface area (Å²) in [5.74, 6) is -1.92. The van der Waals surface area contributed by atoms with Crippen LogP contribution < -0.4 is 29.6 Å². The number of aliphatic hydroxyl groups is 1. The molecule has 0 bridgehead atoms. The molecule has 4 nitrogen and oxygen atoms in total. The number of hydrogen-bond acceptors (Lipinski definition) is 4. The summed E-state index contributed by atoms with van der Waals surface area (Å²) >= 11 is 0. The molecule has 0 radical (unpaired) electrons. The average molecular weight is 182 g/mol. The van der Waals surface area contributed by atoms with E-state index in [2.05, 4.69) is 4.74 Å². The number of rotatable bonds is 3. The average Bonchev–Trinajstić information content (AvgIpc) is 1.86. The number of carbonyl (C=O) groups is 2. The van der Waals surface area contributed by atoms with Crippen molar-refractivity contribution in [3.63, 3.8) is 0 Å². The first-order valence-corrected chi connectivity index (χ1v) is 3.16. The zero-order valence-corrected chi connectivity index (χ0v) is 9.46. The number of allylic oxidation sites excluding steroid dienone is 1. The molecule has 12 heavy (non-hydrogen) atoms. The van der Waals surface area contributed by atoms with Gasteiger partial charge >= 0.3 is 35.5 Å². The molecule has 0 spiro atoms. The number of ketones is 1. The second kappa shape index (κ2) is 7.34. The van der Waals surface area contributed by atoms with E-state index in [9.17, 15) is 9.59 Å². The van der Waals surface area contributed by atoms with Crippen LogP contribution in [-0.2, 0) is 14.3 Å². The summed E-state index contributed by atoms with van der Waals surface area (Å²) in [6.45, 7) is 3.02. The van der Waals surface area contributed by atoms with Crippen LogP contribution in [0.1, 0.15) is 15.3 Å². The van der Waals surface area contributed by atoms with Gasteiger partial charge in [0.25, 0.3) is 0 Å². The predicted molar refractivity (Wildman–Crippen MR) is 39.1 cm³/mol. The smallest absolute Gasteiger partial charge is 1.00 e. The normalized spacial score (nSPS) is 10.0. The van der Waals surface area contributed by atoms with Crippen LogP contribution in [0.3, 0.4) is 0 Å². The van der Waals surface area contributed by atoms with Gasteiger partial charge in [-0.15, -0.1) is 0 Å². The third kappa shape index (κ3) is 6.39. The van der Waals surface area contributed by atoms with E-state index in [1.54, 1.807) is 6.92 Å². The van der Waals surface area contributed by atoms with Crippen molar-refractivity contribution in [3.05, 3.63) is 11.8 Å². The van der Waals surface area contributed by atoms with Gasteiger partial charge in [0, 0.05) is 6.08 Å². The van der Waals surface area contributed by atoms with Crippen molar-refractivity contribution in [1.82, 2.24) is 0 Å². The molecule has 0 aromatic carbocycles. The first-order chi connectivity index (χ1) is 5.07. The van der Waals surface area contributed by atoms with E-state index in [0.29, 0.717) is 0 Å². The first-order valence-electron chi connectivity index (χ1n) is 3.16. The number of carbonyl (C=O) groups excluding carboxylic acids is 2. The van der Waals surface area contributed by atoms with E-state index in [1.165, 1.54) is 6.92 Å². The van der Waals surface area contributed by atoms with Gasteiger partial charge in [0.05, 0.1) is 6.61 Å². The van der Waals surface area contributed by atoms with Crippen molar-refractivity contribution < 1.29 is 50.4 Å². The summed E-state index contributed by atoms with van der Waals surface area (Å²) in [5, 5.41) is 8.78. The molecule has 0 atom stereocenters. The molecule has 0 aromatic rings. The Balaban J connectivity index is -0.000000500. The topological polar surface area (TPSA) is 63.6 Å². The molecule has 0 rings (SSSR count). The van der Waals surface area contributed by atoms with E-state index in [0.717, 1.165) is 6.08 Å². The van der Waals surface area contributed by atoms with Gasteiger partial charge in [-0.1, -0.05) is 0 Å². The van der Waals surface area contributed by atoms with Crippen molar-refractivity contribution in [2.75, 3.05) is 6.61 Å². The Bertz CT molecular complexity index is 203. The minimum absolute atomic E-state index is 0. The first kappa shape index (κ1) is 14.2. The van der Waals surface area contributed by atoms with Crippen molar-refractivity contribution in [2.45, 2.75) is 13.8 Å². The molecule has 0 fully saturated rings. The standard InChI is InChI=1S/C7H10O4.Na.H/c1-3-11-7(10)6(9)4-5(2)8;;/h4,9H,3H2,1-2H3;;/q;+1;-1/b6-4-;;. The quantitative estimate of drug-likeness (QED) is 0.231. The number of hydrogen-bond donors (Lipinski definition) is 1. The molecule has 0 saturated carbocycles. The van der Waals surface area contributed by atoms with Gasteiger partial charge in [-0.2, -0.15) is 0 Å². The fraction of sp³-hybridized carbons (Fsp3) is 0.429. The van der Waals surface area contributed by atoms with Gasteiger partial charge in [-0.05, 0) is 13.8 Å². The van der Waals surface area contributed by atoms with Gasteiger partial charge in [0.2, 0.25) is 5.76 Å². The molecular weight excluding hydrogens is 171 g/mol. The molecule has 0 aliphatic rings. The van der Waals surface area contributed by atoms with E-state index in [4.69, 9.17) is 5.11 Å². The third-order valence-corrected chi connectivity index (χ3v) is 0.825. The van der Waals surface area contributed by atoms with Crippen LogP contribution in [-0.4, -0.2) is 23.5 Å². The van der Waals surface area contributed by atoms with Gasteiger partial charge < -0.3 is 11.3 Å². The van der Waals surface area contributed by atoms with Crippen LogP contribution in [0.5, 0.6) is 0 Å². The molecule has 64 valence electrons. The number of ether oxygens (including phenoxy) is 1. The summed E-state index contributed by atoms with van der Waals surface area (Å²) in [6, 6.07) is 0. The molecular formula is C7H11NaO4. The summed E-state index contributed by atoms with van der Waals surface area (Å²) in [4.78, 5) is 20.9. The van der Waals surface area contributed by atoms with Crippen molar-refractivity contribution >= 4 is 11.8 Å². The SMILES string of the molecule is CCOC(=O)/C(O)=C/C(C)=O.[H-].[Na+]. The summed E-state index contributed by atoms with van der Waals surface area (Å²) in [5.41, 5.74) is 0. The Kier molecular flexibility index (Phi) is 8.69. The maximum atomic E-state index is 10.6. The van der Waals surface area contributed by atoms with E-state index < -0.39 is 17.5 Å². The molecule has 5 heteroatoms. The van der Waals surface area contributed by atoms with Crippen LogP contribution in [0.4, 0.5) is 0 Å². The largest absolute Gasteiger partial charge is 1.00 e. The second-order valence-electron chi connectivity index (χ2n) is 1.86. The molecule has 0 unspecified atom stereocenters. The minimum atomic E-state index is -0.872. The molecule has 0 aliphatic heterocycles. The van der Waals surface area contributed by atoms with Crippen LogP contribution >= 0.6 is 0 Å². The Hall–Kier alpha value is -0.320. The zero-order valence-electron chi connectivity index (χ0n) is 8.46. The van der Waals surface area contributed by atoms with Crippen LogP contribution in [0, 0.1) is 0 Å². The number of aliphatic hydroxyl groups excluding tert-OH is 1. The van der Waals surface area contributed by atoms with Gasteiger partial charge in [0.1, 0.15) is 0 Å². The van der Waals surface area contributed by atoms with Crippen LogP contribution in [0.15, 0.2) is 11.8 Å². The van der Waals surface area contributed by atoms with Crippen molar-refractivity contribution in [3.8, 4) is 0 Å². The molecule has 0 aliphatic carbocycles. The van der Waals surface area contributed by atoms with E-state index in [1.807, 2.05) is 0 Å². The Morgan fingerprint density at radius 1 is 1.58 bits per heavy atom. The Labute approximate surface area is 94.4 Å². The molecule has 0 amide bonds. The maximum absolute atomic E-state index is 10.6. The van der Waals surface area contributed by atoms with Gasteiger partial charge in [-0.3, -0.25) is 4.79 Å². The maximum Gasteiger partial charge on any atom is 1.00 e. The molecule has 0 saturated heterocycles.